The molecule has 0 spiro atoms. The molecular weight excluding hydrogens is 318 g/mol. The first kappa shape index (κ1) is 17.9. The maximum Gasteiger partial charge on any atom is 0.330 e. The summed E-state index contributed by atoms with van der Waals surface area (Å²) in [5.41, 5.74) is 14.6. The third kappa shape index (κ3) is 5.92. The Bertz CT molecular complexity index is 793. The molecule has 2 rings (SSSR count). The minimum atomic E-state index is -0.414. The van der Waals surface area contributed by atoms with Crippen LogP contribution in [-0.2, 0) is 16.0 Å². The van der Waals surface area contributed by atoms with Crippen molar-refractivity contribution in [3.63, 3.8) is 0 Å². The zero-order valence-corrected chi connectivity index (χ0v) is 13.6. The Hall–Kier alpha value is -3.46. The van der Waals surface area contributed by atoms with Gasteiger partial charge in [-0.2, -0.15) is 0 Å². The molecule has 0 saturated carbocycles. The Kier molecular flexibility index (Phi) is 6.43. The number of ether oxygens (including phenoxy) is 2. The van der Waals surface area contributed by atoms with Crippen molar-refractivity contribution in [1.82, 2.24) is 0 Å². The summed E-state index contributed by atoms with van der Waals surface area (Å²) in [4.78, 5) is 11.7. The first-order valence-electron chi connectivity index (χ1n) is 7.73. The normalized spacial score (nSPS) is 10.4. The molecule has 0 aromatic heterocycles. The first-order chi connectivity index (χ1) is 12.1. The summed E-state index contributed by atoms with van der Waals surface area (Å²) in [6.45, 7) is 0.307. The number of aryl methyl sites for hydroxylation is 1. The van der Waals surface area contributed by atoms with Crippen LogP contribution in [0.4, 0.5) is 11.4 Å². The van der Waals surface area contributed by atoms with Crippen molar-refractivity contribution in [3.8, 4) is 12.0 Å². The summed E-state index contributed by atoms with van der Waals surface area (Å²) in [6.07, 6.45) is 5.97. The van der Waals surface area contributed by atoms with Gasteiger partial charge < -0.3 is 20.9 Å². The Balaban J connectivity index is 1.74. The molecule has 4 N–H and O–H groups in total. The average Bonchev–Trinajstić information content (AvgIpc) is 2.60. The molecule has 128 valence electrons. The first-order valence-corrected chi connectivity index (χ1v) is 7.73. The van der Waals surface area contributed by atoms with E-state index in [-0.39, 0.29) is 0 Å². The minimum absolute atomic E-state index is 0.307. The Labute approximate surface area is 146 Å². The van der Waals surface area contributed by atoms with E-state index in [1.807, 2.05) is 6.07 Å². The number of esters is 1. The fraction of sp³-hybridized carbons (Fsp3) is 0.158. The van der Waals surface area contributed by atoms with Crippen molar-refractivity contribution in [2.75, 3.05) is 18.1 Å². The molecular formula is C19H19N3O3. The number of nitriles is 1. The van der Waals surface area contributed by atoms with Crippen LogP contribution >= 0.6 is 0 Å². The zero-order valence-electron chi connectivity index (χ0n) is 13.6. The van der Waals surface area contributed by atoms with Crippen molar-refractivity contribution in [2.24, 2.45) is 0 Å². The molecule has 0 bridgehead atoms. The number of benzene rings is 2. The van der Waals surface area contributed by atoms with Gasteiger partial charge >= 0.3 is 5.97 Å². The van der Waals surface area contributed by atoms with E-state index in [0.29, 0.717) is 36.6 Å². The van der Waals surface area contributed by atoms with E-state index in [2.05, 4.69) is 4.74 Å². The van der Waals surface area contributed by atoms with Gasteiger partial charge in [0.2, 0.25) is 0 Å². The number of nitrogens with zero attached hydrogens (tertiary/aromatic N) is 1. The van der Waals surface area contributed by atoms with Gasteiger partial charge in [-0.05, 0) is 54.3 Å². The summed E-state index contributed by atoms with van der Waals surface area (Å²) in [5, 5.41) is 8.41. The lowest BCUT2D eigenvalue weighted by Gasteiger charge is -2.06. The van der Waals surface area contributed by atoms with Gasteiger partial charge in [0, 0.05) is 17.5 Å². The molecule has 0 heterocycles. The van der Waals surface area contributed by atoms with Gasteiger partial charge in [-0.3, -0.25) is 0 Å². The summed E-state index contributed by atoms with van der Waals surface area (Å²) in [7, 11) is 0. The number of nitrogens with two attached hydrogens (primary N) is 2. The number of hydrogen-bond acceptors (Lipinski definition) is 6. The van der Waals surface area contributed by atoms with Crippen LogP contribution in [0.15, 0.2) is 48.5 Å². The third-order valence-electron chi connectivity index (χ3n) is 3.46. The van der Waals surface area contributed by atoms with Gasteiger partial charge in [0.15, 0.2) is 0 Å². The second kappa shape index (κ2) is 8.99. The molecule has 0 fully saturated rings. The molecule has 0 aliphatic carbocycles. The quantitative estimate of drug-likeness (QED) is 0.264. The van der Waals surface area contributed by atoms with E-state index < -0.39 is 5.97 Å². The fourth-order valence-electron chi connectivity index (χ4n) is 2.19. The Morgan fingerprint density at radius 1 is 1.16 bits per heavy atom. The standard InChI is InChI=1S/C19H19N3O3/c20-13-25-17-8-3-14(4-9-17)5-10-19(23)24-11-1-2-15-6-7-16(21)12-18(15)22/h3-10,12H,1-2,11,21-22H2/b10-5+. The predicted octanol–water partition coefficient (Wildman–Crippen LogP) is 2.90. The number of carbonyl (C=O) groups excluding carboxylic acids is 1. The molecule has 6 heteroatoms. The maximum absolute atomic E-state index is 11.7. The lowest BCUT2D eigenvalue weighted by Crippen LogP contribution is -2.04. The van der Waals surface area contributed by atoms with Crippen LogP contribution in [0.5, 0.6) is 5.75 Å². The van der Waals surface area contributed by atoms with E-state index in [1.165, 1.54) is 6.08 Å². The van der Waals surface area contributed by atoms with Crippen molar-refractivity contribution in [2.45, 2.75) is 12.8 Å². The van der Waals surface area contributed by atoms with Crippen LogP contribution < -0.4 is 16.2 Å². The van der Waals surface area contributed by atoms with Crippen LogP contribution in [0.25, 0.3) is 6.08 Å². The summed E-state index contributed by atoms with van der Waals surface area (Å²) < 4.78 is 9.83. The molecule has 25 heavy (non-hydrogen) atoms. The van der Waals surface area contributed by atoms with Crippen molar-refractivity contribution >= 4 is 23.4 Å². The third-order valence-corrected chi connectivity index (χ3v) is 3.46. The van der Waals surface area contributed by atoms with Crippen LogP contribution in [-0.4, -0.2) is 12.6 Å². The molecule has 0 atom stereocenters. The van der Waals surface area contributed by atoms with Crippen LogP contribution in [0.2, 0.25) is 0 Å². The molecule has 0 saturated heterocycles. The number of rotatable bonds is 7. The largest absolute Gasteiger partial charge is 0.463 e. The number of hydrogen-bond donors (Lipinski definition) is 2. The van der Waals surface area contributed by atoms with E-state index in [9.17, 15) is 4.79 Å². The zero-order chi connectivity index (χ0) is 18.1. The van der Waals surface area contributed by atoms with E-state index >= 15 is 0 Å². The van der Waals surface area contributed by atoms with E-state index in [0.717, 1.165) is 11.1 Å². The molecule has 0 unspecified atom stereocenters. The van der Waals surface area contributed by atoms with Gasteiger partial charge in [0.1, 0.15) is 5.75 Å². The molecule has 6 nitrogen and oxygen atoms in total. The summed E-state index contributed by atoms with van der Waals surface area (Å²) in [6, 6.07) is 12.2. The summed E-state index contributed by atoms with van der Waals surface area (Å²) >= 11 is 0. The number of anilines is 2. The highest BCUT2D eigenvalue weighted by atomic mass is 16.5. The maximum atomic E-state index is 11.7. The Morgan fingerprint density at radius 3 is 2.60 bits per heavy atom. The minimum Gasteiger partial charge on any atom is -0.463 e. The molecule has 2 aromatic carbocycles. The smallest absolute Gasteiger partial charge is 0.330 e. The predicted molar refractivity (Wildman–Crippen MR) is 96.3 cm³/mol. The SMILES string of the molecule is N#COc1ccc(/C=C/C(=O)OCCCc2ccc(N)cc2N)cc1. The van der Waals surface area contributed by atoms with Crippen LogP contribution in [0, 0.1) is 11.5 Å². The highest BCUT2D eigenvalue weighted by Crippen LogP contribution is 2.17. The lowest BCUT2D eigenvalue weighted by molar-refractivity contribution is -0.137. The molecule has 0 amide bonds. The van der Waals surface area contributed by atoms with Gasteiger partial charge in [0.25, 0.3) is 6.26 Å². The van der Waals surface area contributed by atoms with Gasteiger partial charge in [-0.1, -0.05) is 18.2 Å². The van der Waals surface area contributed by atoms with E-state index in [4.69, 9.17) is 21.5 Å². The molecule has 0 aliphatic rings. The molecule has 0 radical (unpaired) electrons. The molecule has 0 aliphatic heterocycles. The highest BCUT2D eigenvalue weighted by Gasteiger charge is 2.02. The number of nitrogen functional groups attached to an aromatic ring is 2. The topological polar surface area (TPSA) is 111 Å². The fourth-order valence-corrected chi connectivity index (χ4v) is 2.19. The van der Waals surface area contributed by atoms with Gasteiger partial charge in [-0.25, -0.2) is 4.79 Å². The second-order valence-electron chi connectivity index (χ2n) is 5.33. The Morgan fingerprint density at radius 2 is 1.92 bits per heavy atom. The van der Waals surface area contributed by atoms with Crippen LogP contribution in [0.1, 0.15) is 17.5 Å². The highest BCUT2D eigenvalue weighted by molar-refractivity contribution is 5.87. The monoisotopic (exact) mass is 337 g/mol. The van der Waals surface area contributed by atoms with E-state index in [1.54, 1.807) is 48.7 Å². The van der Waals surface area contributed by atoms with Crippen molar-refractivity contribution in [3.05, 3.63) is 59.7 Å². The van der Waals surface area contributed by atoms with Crippen molar-refractivity contribution < 1.29 is 14.3 Å². The van der Waals surface area contributed by atoms with Crippen molar-refractivity contribution in [1.29, 1.82) is 5.26 Å². The second-order valence-corrected chi connectivity index (χ2v) is 5.33. The van der Waals surface area contributed by atoms with Crippen LogP contribution in [0.3, 0.4) is 0 Å². The summed E-state index contributed by atoms with van der Waals surface area (Å²) in [5.74, 6) is 0.0341. The van der Waals surface area contributed by atoms with Gasteiger partial charge in [-0.15, -0.1) is 5.26 Å². The molecule has 2 aromatic rings. The lowest BCUT2D eigenvalue weighted by atomic mass is 10.1. The average molecular weight is 337 g/mol. The van der Waals surface area contributed by atoms with Gasteiger partial charge in [0.05, 0.1) is 6.61 Å². The number of carbonyl (C=O) groups is 1.